The minimum Gasteiger partial charge on any atom is -0.392 e. The van der Waals surface area contributed by atoms with Gasteiger partial charge in [0.25, 0.3) is 0 Å². The molecular weight excluding hydrogens is 258 g/mol. The summed E-state index contributed by atoms with van der Waals surface area (Å²) in [7, 11) is 2.06. The maximum absolute atomic E-state index is 9.06. The van der Waals surface area contributed by atoms with Crippen LogP contribution in [-0.4, -0.2) is 5.11 Å². The van der Waals surface area contributed by atoms with Crippen LogP contribution in [0.4, 0.5) is 0 Å². The predicted octanol–water partition coefficient (Wildman–Crippen LogP) is 3.33. The number of pyridine rings is 1. The van der Waals surface area contributed by atoms with E-state index in [1.165, 1.54) is 16.5 Å². The molecule has 104 valence electrons. The molecule has 3 aromatic rings. The van der Waals surface area contributed by atoms with Crippen molar-refractivity contribution in [2.24, 2.45) is 7.05 Å². The first-order valence-corrected chi connectivity index (χ1v) is 7.03. The molecule has 0 saturated heterocycles. The van der Waals surface area contributed by atoms with Crippen LogP contribution in [0.1, 0.15) is 16.7 Å². The number of rotatable bonds is 3. The molecule has 0 unspecified atom stereocenters. The van der Waals surface area contributed by atoms with E-state index < -0.39 is 0 Å². The van der Waals surface area contributed by atoms with Crippen molar-refractivity contribution in [2.45, 2.75) is 6.61 Å². The smallest absolute Gasteiger partial charge is 0.212 e. The van der Waals surface area contributed by atoms with E-state index in [1.807, 2.05) is 24.3 Å². The number of benzene rings is 2. The molecule has 0 atom stereocenters. The number of fused-ring (bicyclic) bond motifs is 1. The fourth-order valence-corrected chi connectivity index (χ4v) is 2.45. The Hall–Kier alpha value is -2.45. The van der Waals surface area contributed by atoms with Crippen molar-refractivity contribution in [3.8, 4) is 0 Å². The van der Waals surface area contributed by atoms with Gasteiger partial charge in [0.05, 0.1) is 12.0 Å². The van der Waals surface area contributed by atoms with E-state index in [1.54, 1.807) is 0 Å². The van der Waals surface area contributed by atoms with Crippen LogP contribution in [0.2, 0.25) is 0 Å². The Bertz CT molecular complexity index is 788. The second kappa shape index (κ2) is 5.90. The predicted molar refractivity (Wildman–Crippen MR) is 86.4 cm³/mol. The maximum atomic E-state index is 9.06. The van der Waals surface area contributed by atoms with Gasteiger partial charge in [0.2, 0.25) is 5.52 Å². The molecule has 21 heavy (non-hydrogen) atoms. The van der Waals surface area contributed by atoms with E-state index in [0.29, 0.717) is 0 Å². The molecule has 0 aliphatic heterocycles. The lowest BCUT2D eigenvalue weighted by Gasteiger charge is -2.01. The molecule has 0 amide bonds. The first kappa shape index (κ1) is 13.5. The average molecular weight is 276 g/mol. The number of aromatic nitrogens is 1. The van der Waals surface area contributed by atoms with Crippen molar-refractivity contribution in [1.29, 1.82) is 0 Å². The lowest BCUT2D eigenvalue weighted by Crippen LogP contribution is -2.28. The SMILES string of the molecule is C[n+]1ccc(C=Cc2ccc(CO)cc2)c2ccccc21. The molecule has 0 fully saturated rings. The second-order valence-corrected chi connectivity index (χ2v) is 5.13. The van der Waals surface area contributed by atoms with Gasteiger partial charge >= 0.3 is 0 Å². The van der Waals surface area contributed by atoms with Gasteiger partial charge < -0.3 is 5.11 Å². The molecule has 0 bridgehead atoms. The van der Waals surface area contributed by atoms with Crippen LogP contribution in [0.25, 0.3) is 23.1 Å². The van der Waals surface area contributed by atoms with E-state index in [-0.39, 0.29) is 6.61 Å². The van der Waals surface area contributed by atoms with Crippen LogP contribution in [0.5, 0.6) is 0 Å². The zero-order chi connectivity index (χ0) is 14.7. The highest BCUT2D eigenvalue weighted by molar-refractivity contribution is 5.88. The molecule has 1 aromatic heterocycles. The summed E-state index contributed by atoms with van der Waals surface area (Å²) in [4.78, 5) is 0. The maximum Gasteiger partial charge on any atom is 0.212 e. The quantitative estimate of drug-likeness (QED) is 0.729. The highest BCUT2D eigenvalue weighted by atomic mass is 16.3. The van der Waals surface area contributed by atoms with Gasteiger partial charge in [0.15, 0.2) is 6.20 Å². The zero-order valence-corrected chi connectivity index (χ0v) is 12.0. The van der Waals surface area contributed by atoms with Crippen molar-refractivity contribution in [2.75, 3.05) is 0 Å². The molecule has 2 heteroatoms. The monoisotopic (exact) mass is 276 g/mol. The Morgan fingerprint density at radius 1 is 0.952 bits per heavy atom. The van der Waals surface area contributed by atoms with E-state index in [9.17, 15) is 0 Å². The summed E-state index contributed by atoms with van der Waals surface area (Å²) in [5.74, 6) is 0. The summed E-state index contributed by atoms with van der Waals surface area (Å²) in [5.41, 5.74) is 4.49. The Labute approximate surface area is 124 Å². The van der Waals surface area contributed by atoms with E-state index in [4.69, 9.17) is 5.11 Å². The Morgan fingerprint density at radius 3 is 2.48 bits per heavy atom. The molecule has 2 aromatic carbocycles. The van der Waals surface area contributed by atoms with Gasteiger partial charge in [-0.1, -0.05) is 48.6 Å². The third-order valence-electron chi connectivity index (χ3n) is 3.69. The second-order valence-electron chi connectivity index (χ2n) is 5.13. The fourth-order valence-electron chi connectivity index (χ4n) is 2.45. The van der Waals surface area contributed by atoms with Crippen molar-refractivity contribution < 1.29 is 9.67 Å². The van der Waals surface area contributed by atoms with Crippen LogP contribution in [0.15, 0.2) is 60.8 Å². The number of aliphatic hydroxyl groups excluding tert-OH is 1. The number of aliphatic hydroxyl groups is 1. The fraction of sp³-hybridized carbons (Fsp3) is 0.105. The molecule has 0 saturated carbocycles. The summed E-state index contributed by atoms with van der Waals surface area (Å²) >= 11 is 0. The van der Waals surface area contributed by atoms with Gasteiger partial charge in [-0.3, -0.25) is 0 Å². The molecule has 0 aliphatic rings. The topological polar surface area (TPSA) is 24.1 Å². The molecule has 1 N–H and O–H groups in total. The molecule has 1 heterocycles. The standard InChI is InChI=1S/C19H18NO/c1-20-13-12-17(18-4-2-3-5-19(18)20)11-10-15-6-8-16(14-21)9-7-15/h2-13,21H,14H2,1H3/q+1. The van der Waals surface area contributed by atoms with Gasteiger partial charge in [0, 0.05) is 12.1 Å². The average Bonchev–Trinajstić information content (AvgIpc) is 2.55. The number of hydrogen-bond acceptors (Lipinski definition) is 1. The summed E-state index contributed by atoms with van der Waals surface area (Å²) < 4.78 is 2.13. The van der Waals surface area contributed by atoms with Gasteiger partial charge in [-0.2, -0.15) is 0 Å². The number of nitrogens with zero attached hydrogens (tertiary/aromatic N) is 1. The molecular formula is C19H18NO+. The first-order valence-electron chi connectivity index (χ1n) is 7.03. The van der Waals surface area contributed by atoms with Gasteiger partial charge in [-0.05, 0) is 22.8 Å². The molecule has 0 aliphatic carbocycles. The summed E-state index contributed by atoms with van der Waals surface area (Å²) in [6.45, 7) is 0.0871. The minimum absolute atomic E-state index is 0.0871. The minimum atomic E-state index is 0.0871. The molecule has 0 radical (unpaired) electrons. The zero-order valence-electron chi connectivity index (χ0n) is 12.0. The Morgan fingerprint density at radius 2 is 1.71 bits per heavy atom. The normalized spacial score (nSPS) is 11.3. The van der Waals surface area contributed by atoms with Crippen molar-refractivity contribution >= 4 is 23.1 Å². The lowest BCUT2D eigenvalue weighted by atomic mass is 10.1. The number of aryl methyl sites for hydroxylation is 1. The van der Waals surface area contributed by atoms with Gasteiger partial charge in [-0.15, -0.1) is 0 Å². The van der Waals surface area contributed by atoms with Crippen molar-refractivity contribution in [3.05, 3.63) is 77.5 Å². The third kappa shape index (κ3) is 2.86. The molecule has 2 nitrogen and oxygen atoms in total. The summed E-state index contributed by atoms with van der Waals surface area (Å²) in [6.07, 6.45) is 6.32. The van der Waals surface area contributed by atoms with Crippen molar-refractivity contribution in [3.63, 3.8) is 0 Å². The van der Waals surface area contributed by atoms with Crippen LogP contribution in [0.3, 0.4) is 0 Å². The number of para-hydroxylation sites is 1. The van der Waals surface area contributed by atoms with Crippen molar-refractivity contribution in [1.82, 2.24) is 0 Å². The van der Waals surface area contributed by atoms with E-state index >= 15 is 0 Å². The Kier molecular flexibility index (Phi) is 3.80. The van der Waals surface area contributed by atoms with E-state index in [2.05, 4.69) is 60.3 Å². The Balaban J connectivity index is 1.97. The third-order valence-corrected chi connectivity index (χ3v) is 3.69. The van der Waals surface area contributed by atoms with Crippen LogP contribution >= 0.6 is 0 Å². The van der Waals surface area contributed by atoms with Gasteiger partial charge in [0.1, 0.15) is 7.05 Å². The summed E-state index contributed by atoms with van der Waals surface area (Å²) in [5, 5.41) is 10.3. The van der Waals surface area contributed by atoms with Crippen LogP contribution in [-0.2, 0) is 13.7 Å². The highest BCUT2D eigenvalue weighted by Crippen LogP contribution is 2.18. The highest BCUT2D eigenvalue weighted by Gasteiger charge is 2.06. The summed E-state index contributed by atoms with van der Waals surface area (Å²) in [6, 6.07) is 18.5. The molecule has 0 spiro atoms. The first-order chi connectivity index (χ1) is 10.3. The van der Waals surface area contributed by atoms with Crippen LogP contribution in [0, 0.1) is 0 Å². The molecule has 3 rings (SSSR count). The van der Waals surface area contributed by atoms with Gasteiger partial charge in [-0.25, -0.2) is 4.57 Å². The van der Waals surface area contributed by atoms with Crippen LogP contribution < -0.4 is 4.57 Å². The van der Waals surface area contributed by atoms with E-state index in [0.717, 1.165) is 11.1 Å². The lowest BCUT2D eigenvalue weighted by molar-refractivity contribution is -0.644. The largest absolute Gasteiger partial charge is 0.392 e. The number of hydrogen-bond donors (Lipinski definition) is 1.